The molecule has 0 spiro atoms. The van der Waals surface area contributed by atoms with Crippen LogP contribution in [0.15, 0.2) is 34.3 Å². The molecule has 0 unspecified atom stereocenters. The molecule has 3 rings (SSSR count). The quantitative estimate of drug-likeness (QED) is 0.743. The van der Waals surface area contributed by atoms with Crippen molar-refractivity contribution in [3.63, 3.8) is 0 Å². The van der Waals surface area contributed by atoms with Gasteiger partial charge in [-0.2, -0.15) is 11.3 Å². The average molecular weight is 341 g/mol. The standard InChI is InChI=1S/C13H9ClN2OS3/c14-11-2-1-10(20-11)9-7-19-13(15-9)16-12(17)5-8-3-4-18-6-8/h1-4,6-7H,5H2,(H,15,16,17). The molecule has 1 amide bonds. The van der Waals surface area contributed by atoms with E-state index in [-0.39, 0.29) is 5.91 Å². The number of hydrogen-bond acceptors (Lipinski definition) is 5. The fourth-order valence-corrected chi connectivity index (χ4v) is 4.11. The lowest BCUT2D eigenvalue weighted by atomic mass is 10.2. The van der Waals surface area contributed by atoms with E-state index >= 15 is 0 Å². The number of nitrogens with one attached hydrogen (secondary N) is 1. The summed E-state index contributed by atoms with van der Waals surface area (Å²) >= 11 is 10.4. The summed E-state index contributed by atoms with van der Waals surface area (Å²) in [6.45, 7) is 0. The van der Waals surface area contributed by atoms with Crippen molar-refractivity contribution in [2.45, 2.75) is 6.42 Å². The number of rotatable bonds is 4. The van der Waals surface area contributed by atoms with E-state index in [0.29, 0.717) is 11.6 Å². The van der Waals surface area contributed by atoms with Crippen molar-refractivity contribution < 1.29 is 4.79 Å². The third-order valence-electron chi connectivity index (χ3n) is 2.52. The van der Waals surface area contributed by atoms with Crippen LogP contribution < -0.4 is 5.32 Å². The van der Waals surface area contributed by atoms with Crippen LogP contribution in [-0.2, 0) is 11.2 Å². The van der Waals surface area contributed by atoms with Gasteiger partial charge in [-0.05, 0) is 34.5 Å². The number of amides is 1. The van der Waals surface area contributed by atoms with Crippen molar-refractivity contribution >= 4 is 56.7 Å². The van der Waals surface area contributed by atoms with E-state index in [2.05, 4.69) is 10.3 Å². The van der Waals surface area contributed by atoms with Gasteiger partial charge in [-0.15, -0.1) is 22.7 Å². The Hall–Kier alpha value is -1.21. The smallest absolute Gasteiger partial charge is 0.230 e. The van der Waals surface area contributed by atoms with E-state index in [1.54, 1.807) is 11.3 Å². The maximum absolute atomic E-state index is 11.9. The first-order valence-corrected chi connectivity index (χ1v) is 8.74. The molecular weight excluding hydrogens is 332 g/mol. The van der Waals surface area contributed by atoms with Gasteiger partial charge in [0.2, 0.25) is 5.91 Å². The molecule has 0 aliphatic rings. The molecule has 0 saturated carbocycles. The Bertz CT molecular complexity index is 718. The van der Waals surface area contributed by atoms with Crippen molar-refractivity contribution in [2.75, 3.05) is 5.32 Å². The molecule has 3 aromatic rings. The van der Waals surface area contributed by atoms with Crippen molar-refractivity contribution in [3.05, 3.63) is 44.2 Å². The van der Waals surface area contributed by atoms with E-state index in [0.717, 1.165) is 20.5 Å². The second kappa shape index (κ2) is 6.05. The van der Waals surface area contributed by atoms with Gasteiger partial charge in [-0.25, -0.2) is 4.98 Å². The van der Waals surface area contributed by atoms with Crippen LogP contribution >= 0.6 is 45.6 Å². The van der Waals surface area contributed by atoms with Gasteiger partial charge in [0.05, 0.1) is 21.3 Å². The molecule has 20 heavy (non-hydrogen) atoms. The van der Waals surface area contributed by atoms with E-state index < -0.39 is 0 Å². The Morgan fingerprint density at radius 1 is 1.30 bits per heavy atom. The first-order valence-electron chi connectivity index (χ1n) is 5.73. The Morgan fingerprint density at radius 3 is 2.90 bits per heavy atom. The highest BCUT2D eigenvalue weighted by Gasteiger charge is 2.10. The number of nitrogens with zero attached hydrogens (tertiary/aromatic N) is 1. The molecule has 7 heteroatoms. The summed E-state index contributed by atoms with van der Waals surface area (Å²) in [4.78, 5) is 17.3. The number of carbonyl (C=O) groups excluding carboxylic acids is 1. The first kappa shape index (κ1) is 13.8. The second-order valence-corrected chi connectivity index (χ2v) is 7.35. The summed E-state index contributed by atoms with van der Waals surface area (Å²) in [5, 5.41) is 9.29. The van der Waals surface area contributed by atoms with Crippen LogP contribution in [-0.4, -0.2) is 10.9 Å². The average Bonchev–Trinajstić information content (AvgIpc) is 3.10. The first-order chi connectivity index (χ1) is 9.70. The summed E-state index contributed by atoms with van der Waals surface area (Å²) in [5.41, 5.74) is 1.87. The van der Waals surface area contributed by atoms with Gasteiger partial charge in [-0.3, -0.25) is 4.79 Å². The highest BCUT2D eigenvalue weighted by atomic mass is 35.5. The molecule has 0 aliphatic heterocycles. The van der Waals surface area contributed by atoms with Gasteiger partial charge in [0.1, 0.15) is 0 Å². The van der Waals surface area contributed by atoms with Gasteiger partial charge in [0.25, 0.3) is 0 Å². The number of aromatic nitrogens is 1. The zero-order chi connectivity index (χ0) is 13.9. The molecule has 0 fully saturated rings. The Kier molecular flexibility index (Phi) is 4.16. The van der Waals surface area contributed by atoms with Crippen LogP contribution in [0.5, 0.6) is 0 Å². The lowest BCUT2D eigenvalue weighted by Crippen LogP contribution is -2.13. The molecule has 3 aromatic heterocycles. The number of halogens is 1. The van der Waals surface area contributed by atoms with Crippen molar-refractivity contribution in [1.29, 1.82) is 0 Å². The summed E-state index contributed by atoms with van der Waals surface area (Å²) in [7, 11) is 0. The number of hydrogen-bond donors (Lipinski definition) is 1. The lowest BCUT2D eigenvalue weighted by molar-refractivity contribution is -0.115. The normalized spacial score (nSPS) is 10.7. The summed E-state index contributed by atoms with van der Waals surface area (Å²) in [6.07, 6.45) is 0.378. The number of anilines is 1. The molecule has 1 N–H and O–H groups in total. The van der Waals surface area contributed by atoms with Gasteiger partial charge < -0.3 is 5.32 Å². The van der Waals surface area contributed by atoms with E-state index in [9.17, 15) is 4.79 Å². The predicted molar refractivity (Wildman–Crippen MR) is 87.1 cm³/mol. The van der Waals surface area contributed by atoms with Crippen LogP contribution in [0.25, 0.3) is 10.6 Å². The third-order valence-corrected chi connectivity index (χ3v) is 5.26. The van der Waals surface area contributed by atoms with E-state index in [4.69, 9.17) is 11.6 Å². The number of carbonyl (C=O) groups is 1. The SMILES string of the molecule is O=C(Cc1ccsc1)Nc1nc(-c2ccc(Cl)s2)cs1. The van der Waals surface area contributed by atoms with E-state index in [1.807, 2.05) is 34.3 Å². The zero-order valence-electron chi connectivity index (χ0n) is 10.1. The molecule has 0 aliphatic carbocycles. The molecule has 102 valence electrons. The minimum atomic E-state index is -0.0477. The third kappa shape index (κ3) is 3.27. The fourth-order valence-electron chi connectivity index (χ4n) is 1.64. The summed E-state index contributed by atoms with van der Waals surface area (Å²) < 4.78 is 0.732. The van der Waals surface area contributed by atoms with E-state index in [1.165, 1.54) is 22.7 Å². The topological polar surface area (TPSA) is 42.0 Å². The molecule has 3 nitrogen and oxygen atoms in total. The highest BCUT2D eigenvalue weighted by Crippen LogP contribution is 2.32. The van der Waals surface area contributed by atoms with Gasteiger partial charge in [0.15, 0.2) is 5.13 Å². The zero-order valence-corrected chi connectivity index (χ0v) is 13.3. The Morgan fingerprint density at radius 2 is 2.20 bits per heavy atom. The minimum absolute atomic E-state index is 0.0477. The van der Waals surface area contributed by atoms with Crippen LogP contribution in [0.4, 0.5) is 5.13 Å². The maximum Gasteiger partial charge on any atom is 0.230 e. The second-order valence-electron chi connectivity index (χ2n) is 4.00. The number of thiophene rings is 2. The number of thiazole rings is 1. The largest absolute Gasteiger partial charge is 0.302 e. The van der Waals surface area contributed by atoms with Gasteiger partial charge >= 0.3 is 0 Å². The predicted octanol–water partition coefficient (Wildman–Crippen LogP) is 4.77. The van der Waals surface area contributed by atoms with Crippen LogP contribution in [0, 0.1) is 0 Å². The molecule has 0 aromatic carbocycles. The molecule has 0 atom stereocenters. The van der Waals surface area contributed by atoms with Crippen LogP contribution in [0.2, 0.25) is 4.34 Å². The maximum atomic E-state index is 11.9. The monoisotopic (exact) mass is 340 g/mol. The molecule has 0 saturated heterocycles. The Balaban J connectivity index is 1.66. The van der Waals surface area contributed by atoms with Crippen LogP contribution in [0.1, 0.15) is 5.56 Å². The van der Waals surface area contributed by atoms with Crippen LogP contribution in [0.3, 0.4) is 0 Å². The fraction of sp³-hybridized carbons (Fsp3) is 0.0769. The molecule has 0 bridgehead atoms. The van der Waals surface area contributed by atoms with Crippen molar-refractivity contribution in [2.24, 2.45) is 0 Å². The summed E-state index contributed by atoms with van der Waals surface area (Å²) in [5.74, 6) is -0.0477. The molecular formula is C13H9ClN2OS3. The minimum Gasteiger partial charge on any atom is -0.302 e. The van der Waals surface area contributed by atoms with Crippen molar-refractivity contribution in [1.82, 2.24) is 4.98 Å². The van der Waals surface area contributed by atoms with Gasteiger partial charge in [-0.1, -0.05) is 11.6 Å². The Labute approximate surface area is 132 Å². The molecule has 3 heterocycles. The summed E-state index contributed by atoms with van der Waals surface area (Å²) in [6, 6.07) is 5.72. The van der Waals surface area contributed by atoms with Gasteiger partial charge in [0, 0.05) is 5.38 Å². The van der Waals surface area contributed by atoms with Crippen molar-refractivity contribution in [3.8, 4) is 10.6 Å². The molecule has 0 radical (unpaired) electrons. The lowest BCUT2D eigenvalue weighted by Gasteiger charge is -1.99. The highest BCUT2D eigenvalue weighted by molar-refractivity contribution is 7.20.